The molecule has 1 unspecified atom stereocenters. The van der Waals surface area contributed by atoms with Crippen molar-refractivity contribution in [1.29, 1.82) is 5.26 Å². The lowest BCUT2D eigenvalue weighted by atomic mass is 9.95. The van der Waals surface area contributed by atoms with Crippen LogP contribution in [0.25, 0.3) is 0 Å². The van der Waals surface area contributed by atoms with Crippen LogP contribution in [0, 0.1) is 17.1 Å². The minimum atomic E-state index is -1.02. The Bertz CT molecular complexity index is 645. The summed E-state index contributed by atoms with van der Waals surface area (Å²) in [6.07, 6.45) is 0. The number of carbonyl (C=O) groups excluding carboxylic acids is 1. The van der Waals surface area contributed by atoms with Gasteiger partial charge in [0, 0.05) is 0 Å². The fourth-order valence-electron chi connectivity index (χ4n) is 1.74. The first-order valence-electron chi connectivity index (χ1n) is 5.48. The third-order valence-corrected chi connectivity index (χ3v) is 3.56. The third kappa shape index (κ3) is 2.64. The van der Waals surface area contributed by atoms with Crippen LogP contribution in [-0.2, 0) is 0 Å². The van der Waals surface area contributed by atoms with Gasteiger partial charge in [0.2, 0.25) is 0 Å². The predicted octanol–water partition coefficient (Wildman–Crippen LogP) is 3.39. The molecule has 0 aliphatic carbocycles. The van der Waals surface area contributed by atoms with Gasteiger partial charge in [-0.15, -0.1) is 11.3 Å². The Hall–Kier alpha value is -2.19. The Kier molecular flexibility index (Phi) is 3.93. The molecule has 96 valence electrons. The van der Waals surface area contributed by atoms with Gasteiger partial charge in [0.1, 0.15) is 22.4 Å². The van der Waals surface area contributed by atoms with E-state index >= 15 is 0 Å². The predicted molar refractivity (Wildman–Crippen MR) is 70.0 cm³/mol. The van der Waals surface area contributed by atoms with Crippen LogP contribution in [0.15, 0.2) is 35.7 Å². The van der Waals surface area contributed by atoms with Crippen LogP contribution in [0.5, 0.6) is 5.75 Å². The summed E-state index contributed by atoms with van der Waals surface area (Å²) in [5.74, 6) is -1.43. The SMILES string of the molecule is COc1ccsc1C(=O)C(C#N)c1cccc(F)c1. The summed E-state index contributed by atoms with van der Waals surface area (Å²) in [4.78, 5) is 12.7. The van der Waals surface area contributed by atoms with E-state index in [2.05, 4.69) is 0 Å². The molecule has 0 aliphatic heterocycles. The number of ketones is 1. The average Bonchev–Trinajstić information content (AvgIpc) is 2.87. The van der Waals surface area contributed by atoms with Gasteiger partial charge in [0.15, 0.2) is 5.78 Å². The summed E-state index contributed by atoms with van der Waals surface area (Å²) >= 11 is 1.21. The van der Waals surface area contributed by atoms with Crippen molar-refractivity contribution in [1.82, 2.24) is 0 Å². The molecule has 1 atom stereocenters. The maximum Gasteiger partial charge on any atom is 0.198 e. The first-order valence-corrected chi connectivity index (χ1v) is 6.36. The van der Waals surface area contributed by atoms with Crippen LogP contribution in [-0.4, -0.2) is 12.9 Å². The van der Waals surface area contributed by atoms with E-state index in [0.717, 1.165) is 0 Å². The highest BCUT2D eigenvalue weighted by atomic mass is 32.1. The lowest BCUT2D eigenvalue weighted by Gasteiger charge is -2.08. The zero-order valence-electron chi connectivity index (χ0n) is 10.1. The first kappa shape index (κ1) is 13.2. The van der Waals surface area contributed by atoms with Crippen LogP contribution < -0.4 is 4.74 Å². The highest BCUT2D eigenvalue weighted by Crippen LogP contribution is 2.30. The first-order chi connectivity index (χ1) is 9.17. The topological polar surface area (TPSA) is 50.1 Å². The number of thiophene rings is 1. The standard InChI is InChI=1S/C14H10FNO2S/c1-18-12-5-6-19-14(12)13(17)11(8-16)9-3-2-4-10(15)7-9/h2-7,11H,1H3. The average molecular weight is 275 g/mol. The van der Waals surface area contributed by atoms with Gasteiger partial charge in [0.05, 0.1) is 13.2 Å². The van der Waals surface area contributed by atoms with Crippen molar-refractivity contribution in [2.45, 2.75) is 5.92 Å². The molecule has 0 saturated heterocycles. The molecule has 1 aromatic carbocycles. The number of hydrogen-bond donors (Lipinski definition) is 0. The molecule has 2 aromatic rings. The second-order valence-electron chi connectivity index (χ2n) is 3.80. The maximum absolute atomic E-state index is 13.2. The van der Waals surface area contributed by atoms with Gasteiger partial charge >= 0.3 is 0 Å². The number of hydrogen-bond acceptors (Lipinski definition) is 4. The summed E-state index contributed by atoms with van der Waals surface area (Å²) < 4.78 is 18.2. The number of nitrogens with zero attached hydrogens (tertiary/aromatic N) is 1. The summed E-state index contributed by atoms with van der Waals surface area (Å²) in [6.45, 7) is 0. The van der Waals surface area contributed by atoms with Gasteiger partial charge < -0.3 is 4.74 Å². The normalized spacial score (nSPS) is 11.6. The minimum absolute atomic E-state index is 0.350. The van der Waals surface area contributed by atoms with Crippen LogP contribution in [0.3, 0.4) is 0 Å². The summed E-state index contributed by atoms with van der Waals surface area (Å²) in [6, 6.07) is 9.10. The Morgan fingerprint density at radius 1 is 1.47 bits per heavy atom. The van der Waals surface area contributed by atoms with Crippen molar-refractivity contribution in [3.8, 4) is 11.8 Å². The largest absolute Gasteiger partial charge is 0.495 e. The molecule has 3 nitrogen and oxygen atoms in total. The summed E-state index contributed by atoms with van der Waals surface area (Å²) in [7, 11) is 1.46. The van der Waals surface area contributed by atoms with Crippen molar-refractivity contribution in [2.75, 3.05) is 7.11 Å². The molecule has 1 aromatic heterocycles. The summed E-state index contributed by atoms with van der Waals surface area (Å²) in [5, 5.41) is 10.9. The number of halogens is 1. The smallest absolute Gasteiger partial charge is 0.198 e. The van der Waals surface area contributed by atoms with Crippen molar-refractivity contribution in [2.24, 2.45) is 0 Å². The molecule has 0 fully saturated rings. The molecular weight excluding hydrogens is 265 g/mol. The second kappa shape index (κ2) is 5.63. The molecule has 0 radical (unpaired) electrons. The second-order valence-corrected chi connectivity index (χ2v) is 4.72. The highest BCUT2D eigenvalue weighted by molar-refractivity contribution is 7.12. The van der Waals surface area contributed by atoms with Crippen LogP contribution in [0.1, 0.15) is 21.2 Å². The molecule has 0 aliphatic rings. The van der Waals surface area contributed by atoms with Crippen LogP contribution in [0.4, 0.5) is 4.39 Å². The van der Waals surface area contributed by atoms with E-state index in [1.54, 1.807) is 17.5 Å². The van der Waals surface area contributed by atoms with E-state index in [-0.39, 0.29) is 5.78 Å². The van der Waals surface area contributed by atoms with Crippen molar-refractivity contribution in [3.05, 3.63) is 52.0 Å². The number of benzene rings is 1. The van der Waals surface area contributed by atoms with Gasteiger partial charge in [-0.2, -0.15) is 5.26 Å². The highest BCUT2D eigenvalue weighted by Gasteiger charge is 2.25. The number of rotatable bonds is 4. The van der Waals surface area contributed by atoms with E-state index in [1.165, 1.54) is 36.6 Å². The van der Waals surface area contributed by atoms with Crippen molar-refractivity contribution < 1.29 is 13.9 Å². The molecule has 0 saturated carbocycles. The lowest BCUT2D eigenvalue weighted by molar-refractivity contribution is 0.0980. The monoisotopic (exact) mass is 275 g/mol. The third-order valence-electron chi connectivity index (χ3n) is 2.65. The van der Waals surface area contributed by atoms with Gasteiger partial charge in [-0.25, -0.2) is 4.39 Å². The number of nitriles is 1. The van der Waals surface area contributed by atoms with E-state index in [9.17, 15) is 14.4 Å². The molecule has 2 rings (SSSR count). The molecule has 0 bridgehead atoms. The fraction of sp³-hybridized carbons (Fsp3) is 0.143. The molecule has 5 heteroatoms. The molecule has 1 heterocycles. The van der Waals surface area contributed by atoms with Gasteiger partial charge in [-0.3, -0.25) is 4.79 Å². The number of methoxy groups -OCH3 is 1. The number of carbonyl (C=O) groups is 1. The zero-order valence-corrected chi connectivity index (χ0v) is 10.9. The Morgan fingerprint density at radius 2 is 2.26 bits per heavy atom. The minimum Gasteiger partial charge on any atom is -0.495 e. The number of ether oxygens (including phenoxy) is 1. The van der Waals surface area contributed by atoms with E-state index in [4.69, 9.17) is 4.74 Å². The fourth-order valence-corrected chi connectivity index (χ4v) is 2.57. The van der Waals surface area contributed by atoms with Gasteiger partial charge in [0.25, 0.3) is 0 Å². The Balaban J connectivity index is 2.38. The molecule has 19 heavy (non-hydrogen) atoms. The number of Topliss-reactive ketones (excluding diaryl/α,β-unsaturated/α-hetero) is 1. The lowest BCUT2D eigenvalue weighted by Crippen LogP contribution is -2.11. The van der Waals surface area contributed by atoms with Gasteiger partial charge in [-0.05, 0) is 29.1 Å². The van der Waals surface area contributed by atoms with Crippen LogP contribution >= 0.6 is 11.3 Å². The summed E-state index contributed by atoms with van der Waals surface area (Å²) in [5.41, 5.74) is 0.350. The van der Waals surface area contributed by atoms with E-state index < -0.39 is 11.7 Å². The van der Waals surface area contributed by atoms with E-state index in [1.807, 2.05) is 6.07 Å². The molecular formula is C14H10FNO2S. The van der Waals surface area contributed by atoms with E-state index in [0.29, 0.717) is 16.2 Å². The van der Waals surface area contributed by atoms with Crippen molar-refractivity contribution in [3.63, 3.8) is 0 Å². The molecule has 0 N–H and O–H groups in total. The molecule has 0 amide bonds. The Morgan fingerprint density at radius 3 is 2.89 bits per heavy atom. The zero-order chi connectivity index (χ0) is 13.8. The Labute approximate surface area is 113 Å². The van der Waals surface area contributed by atoms with Gasteiger partial charge in [-0.1, -0.05) is 12.1 Å². The quantitative estimate of drug-likeness (QED) is 0.804. The molecule has 0 spiro atoms. The maximum atomic E-state index is 13.2. The van der Waals surface area contributed by atoms with Crippen LogP contribution in [0.2, 0.25) is 0 Å². The van der Waals surface area contributed by atoms with Crippen molar-refractivity contribution >= 4 is 17.1 Å².